The zero-order chi connectivity index (χ0) is 17.8. The zero-order valence-electron chi connectivity index (χ0n) is 13.5. The van der Waals surface area contributed by atoms with Crippen LogP contribution in [-0.4, -0.2) is 13.1 Å². The van der Waals surface area contributed by atoms with Crippen LogP contribution in [0.15, 0.2) is 54.6 Å². The van der Waals surface area contributed by atoms with Gasteiger partial charge in [-0.2, -0.15) is 5.26 Å². The monoisotopic (exact) mass is 351 g/mol. The third kappa shape index (κ3) is 3.57. The van der Waals surface area contributed by atoms with E-state index in [0.29, 0.717) is 5.56 Å². The van der Waals surface area contributed by atoms with E-state index in [4.69, 9.17) is 26.3 Å². The van der Waals surface area contributed by atoms with Crippen molar-refractivity contribution in [1.82, 2.24) is 0 Å². The lowest BCUT2D eigenvalue weighted by Crippen LogP contribution is -2.12. The number of rotatable bonds is 4. The Morgan fingerprint density at radius 1 is 1.16 bits per heavy atom. The Hall–Kier alpha value is -3.03. The van der Waals surface area contributed by atoms with Crippen molar-refractivity contribution in [3.63, 3.8) is 0 Å². The first kappa shape index (κ1) is 16.8. The second kappa shape index (κ2) is 7.25. The first-order chi connectivity index (χ1) is 12.1. The molecule has 0 bridgehead atoms. The van der Waals surface area contributed by atoms with Gasteiger partial charge in [0.05, 0.1) is 30.2 Å². The van der Waals surface area contributed by atoms with E-state index in [2.05, 4.69) is 0 Å². The van der Waals surface area contributed by atoms with Crippen molar-refractivity contribution in [2.24, 2.45) is 0 Å². The van der Waals surface area contributed by atoms with Crippen LogP contribution < -0.4 is 9.47 Å². The van der Waals surface area contributed by atoms with Crippen molar-refractivity contribution in [3.8, 4) is 17.6 Å². The van der Waals surface area contributed by atoms with Crippen molar-refractivity contribution in [1.29, 1.82) is 5.26 Å². The molecule has 0 aromatic heterocycles. The van der Waals surface area contributed by atoms with Gasteiger partial charge < -0.3 is 9.47 Å². The standard InChI is InChI=1S/C20H14ClNO3/c1-24-18-10-13(12-22)9-17(21)20(18)25-19(23)11-15-7-4-6-14-5-2-3-8-16(14)15/h2-10H,11H2,1H3. The number of nitriles is 1. The number of methoxy groups -OCH3 is 1. The van der Waals surface area contributed by atoms with Gasteiger partial charge in [0.1, 0.15) is 0 Å². The molecule has 3 rings (SSSR count). The highest BCUT2D eigenvalue weighted by molar-refractivity contribution is 6.32. The van der Waals surface area contributed by atoms with E-state index in [9.17, 15) is 4.79 Å². The topological polar surface area (TPSA) is 59.3 Å². The van der Waals surface area contributed by atoms with Crippen LogP contribution in [-0.2, 0) is 11.2 Å². The molecule has 0 radical (unpaired) electrons. The van der Waals surface area contributed by atoms with Gasteiger partial charge in [0.25, 0.3) is 0 Å². The van der Waals surface area contributed by atoms with Gasteiger partial charge in [-0.05, 0) is 22.4 Å². The highest BCUT2D eigenvalue weighted by Crippen LogP contribution is 2.36. The second-order valence-electron chi connectivity index (χ2n) is 5.39. The number of hydrogen-bond acceptors (Lipinski definition) is 4. The SMILES string of the molecule is COc1cc(C#N)cc(Cl)c1OC(=O)Cc1cccc2ccccc12. The first-order valence-corrected chi connectivity index (χ1v) is 7.95. The zero-order valence-corrected chi connectivity index (χ0v) is 14.2. The van der Waals surface area contributed by atoms with Crippen LogP contribution >= 0.6 is 11.6 Å². The predicted octanol–water partition coefficient (Wildman–Crippen LogP) is 4.52. The van der Waals surface area contributed by atoms with Crippen LogP contribution in [0, 0.1) is 11.3 Å². The van der Waals surface area contributed by atoms with Crippen LogP contribution in [0.5, 0.6) is 11.5 Å². The molecule has 0 aliphatic heterocycles. The third-order valence-corrected chi connectivity index (χ3v) is 4.07. The lowest BCUT2D eigenvalue weighted by atomic mass is 10.0. The van der Waals surface area contributed by atoms with E-state index in [-0.39, 0.29) is 22.9 Å². The predicted molar refractivity (Wildman–Crippen MR) is 96.0 cm³/mol. The summed E-state index contributed by atoms with van der Waals surface area (Å²) in [5.41, 5.74) is 1.20. The fourth-order valence-corrected chi connectivity index (χ4v) is 2.88. The Morgan fingerprint density at radius 2 is 1.92 bits per heavy atom. The molecule has 3 aromatic rings. The Bertz CT molecular complexity index is 987. The third-order valence-electron chi connectivity index (χ3n) is 3.79. The van der Waals surface area contributed by atoms with E-state index < -0.39 is 5.97 Å². The molecular formula is C20H14ClNO3. The summed E-state index contributed by atoms with van der Waals surface area (Å²) >= 11 is 6.13. The Labute approximate surface area is 150 Å². The van der Waals surface area contributed by atoms with Crippen molar-refractivity contribution in [2.75, 3.05) is 7.11 Å². The number of nitrogens with zero attached hydrogens (tertiary/aromatic N) is 1. The lowest BCUT2D eigenvalue weighted by molar-refractivity contribution is -0.133. The van der Waals surface area contributed by atoms with Gasteiger partial charge in [0.15, 0.2) is 11.5 Å². The first-order valence-electron chi connectivity index (χ1n) is 7.57. The minimum atomic E-state index is -0.457. The average Bonchev–Trinajstić information content (AvgIpc) is 2.63. The molecule has 0 aliphatic carbocycles. The maximum atomic E-state index is 12.4. The molecule has 25 heavy (non-hydrogen) atoms. The number of carbonyl (C=O) groups is 1. The number of fused-ring (bicyclic) bond motifs is 1. The number of benzene rings is 3. The minimum Gasteiger partial charge on any atom is -0.493 e. The summed E-state index contributed by atoms with van der Waals surface area (Å²) < 4.78 is 10.6. The van der Waals surface area contributed by atoms with E-state index in [1.165, 1.54) is 19.2 Å². The molecule has 0 spiro atoms. The molecule has 0 amide bonds. The van der Waals surface area contributed by atoms with Crippen LogP contribution in [0.2, 0.25) is 5.02 Å². The molecule has 0 atom stereocenters. The van der Waals surface area contributed by atoms with Crippen LogP contribution in [0.1, 0.15) is 11.1 Å². The summed E-state index contributed by atoms with van der Waals surface area (Å²) in [5.74, 6) is -0.0926. The minimum absolute atomic E-state index is 0.0981. The average molecular weight is 352 g/mol. The normalized spacial score (nSPS) is 10.3. The van der Waals surface area contributed by atoms with E-state index in [0.717, 1.165) is 16.3 Å². The summed E-state index contributed by atoms with van der Waals surface area (Å²) in [7, 11) is 1.43. The maximum absolute atomic E-state index is 12.4. The number of ether oxygens (including phenoxy) is 2. The summed E-state index contributed by atoms with van der Waals surface area (Å²) in [4.78, 5) is 12.4. The molecule has 124 valence electrons. The number of carbonyl (C=O) groups excluding carboxylic acids is 1. The molecule has 0 heterocycles. The Kier molecular flexibility index (Phi) is 4.87. The Balaban J connectivity index is 1.87. The summed E-state index contributed by atoms with van der Waals surface area (Å²) in [5, 5.41) is 11.2. The van der Waals surface area contributed by atoms with E-state index in [1.54, 1.807) is 0 Å². The number of esters is 1. The molecule has 5 heteroatoms. The largest absolute Gasteiger partial charge is 0.493 e. The fraction of sp³-hybridized carbons (Fsp3) is 0.100. The summed E-state index contributed by atoms with van der Waals surface area (Å²) in [6, 6.07) is 18.5. The maximum Gasteiger partial charge on any atom is 0.315 e. The smallest absolute Gasteiger partial charge is 0.315 e. The molecular weight excluding hydrogens is 338 g/mol. The highest BCUT2D eigenvalue weighted by Gasteiger charge is 2.17. The summed E-state index contributed by atoms with van der Waals surface area (Å²) in [6.07, 6.45) is 0.0981. The molecule has 0 N–H and O–H groups in total. The molecule has 0 saturated heterocycles. The van der Waals surface area contributed by atoms with Crippen LogP contribution in [0.25, 0.3) is 10.8 Å². The summed E-state index contributed by atoms with van der Waals surface area (Å²) in [6.45, 7) is 0. The fourth-order valence-electron chi connectivity index (χ4n) is 2.64. The van der Waals surface area contributed by atoms with Gasteiger partial charge in [0, 0.05) is 6.07 Å². The molecule has 0 fully saturated rings. The molecule has 0 unspecified atom stereocenters. The van der Waals surface area contributed by atoms with Gasteiger partial charge >= 0.3 is 5.97 Å². The van der Waals surface area contributed by atoms with Gasteiger partial charge in [-0.1, -0.05) is 54.1 Å². The van der Waals surface area contributed by atoms with Gasteiger partial charge in [-0.3, -0.25) is 4.79 Å². The van der Waals surface area contributed by atoms with Gasteiger partial charge in [-0.15, -0.1) is 0 Å². The van der Waals surface area contributed by atoms with Crippen LogP contribution in [0.3, 0.4) is 0 Å². The second-order valence-corrected chi connectivity index (χ2v) is 5.80. The molecule has 4 nitrogen and oxygen atoms in total. The Morgan fingerprint density at radius 3 is 2.68 bits per heavy atom. The quantitative estimate of drug-likeness (QED) is 0.512. The molecule has 0 saturated carbocycles. The van der Waals surface area contributed by atoms with Crippen molar-refractivity contribution in [3.05, 3.63) is 70.7 Å². The molecule has 3 aromatic carbocycles. The van der Waals surface area contributed by atoms with E-state index in [1.807, 2.05) is 48.5 Å². The van der Waals surface area contributed by atoms with Crippen molar-refractivity contribution >= 4 is 28.3 Å². The van der Waals surface area contributed by atoms with Crippen molar-refractivity contribution in [2.45, 2.75) is 6.42 Å². The molecule has 0 aliphatic rings. The number of halogens is 1. The lowest BCUT2D eigenvalue weighted by Gasteiger charge is -2.12. The van der Waals surface area contributed by atoms with Crippen molar-refractivity contribution < 1.29 is 14.3 Å². The van der Waals surface area contributed by atoms with Crippen LogP contribution in [0.4, 0.5) is 0 Å². The van der Waals surface area contributed by atoms with Gasteiger partial charge in [0.2, 0.25) is 0 Å². The number of hydrogen-bond donors (Lipinski definition) is 0. The van der Waals surface area contributed by atoms with Gasteiger partial charge in [-0.25, -0.2) is 0 Å². The van der Waals surface area contributed by atoms with E-state index >= 15 is 0 Å². The highest BCUT2D eigenvalue weighted by atomic mass is 35.5.